The van der Waals surface area contributed by atoms with Crippen molar-refractivity contribution in [2.75, 3.05) is 25.5 Å². The van der Waals surface area contributed by atoms with Gasteiger partial charge in [0.05, 0.1) is 0 Å². The highest BCUT2D eigenvalue weighted by molar-refractivity contribution is 5.53. The van der Waals surface area contributed by atoms with E-state index in [-0.39, 0.29) is 0 Å². The first-order valence-corrected chi connectivity index (χ1v) is 6.69. The van der Waals surface area contributed by atoms with Crippen molar-refractivity contribution in [3.8, 4) is 0 Å². The van der Waals surface area contributed by atoms with Crippen LogP contribution in [0, 0.1) is 13.8 Å². The van der Waals surface area contributed by atoms with E-state index in [4.69, 9.17) is 0 Å². The Morgan fingerprint density at radius 3 is 2.88 bits per heavy atom. The molecule has 2 rings (SSSR count). The summed E-state index contributed by atoms with van der Waals surface area (Å²) >= 11 is 0. The molecule has 0 amide bonds. The fourth-order valence-electron chi connectivity index (χ4n) is 2.57. The molecular weight excluding hydrogens is 208 g/mol. The quantitative estimate of drug-likeness (QED) is 0.861. The summed E-state index contributed by atoms with van der Waals surface area (Å²) in [5, 5.41) is 3.61. The van der Waals surface area contributed by atoms with Gasteiger partial charge < -0.3 is 10.2 Å². The average Bonchev–Trinajstić information content (AvgIpc) is 2.33. The second-order valence-corrected chi connectivity index (χ2v) is 5.26. The lowest BCUT2D eigenvalue weighted by molar-refractivity contribution is 0.194. The van der Waals surface area contributed by atoms with Gasteiger partial charge in [0.2, 0.25) is 0 Å². The van der Waals surface area contributed by atoms with E-state index in [1.54, 1.807) is 0 Å². The monoisotopic (exact) mass is 232 g/mol. The topological polar surface area (TPSA) is 15.3 Å². The molecule has 17 heavy (non-hydrogen) atoms. The van der Waals surface area contributed by atoms with E-state index >= 15 is 0 Å². The van der Waals surface area contributed by atoms with E-state index in [0.29, 0.717) is 6.04 Å². The molecule has 0 aliphatic carbocycles. The van der Waals surface area contributed by atoms with E-state index in [1.165, 1.54) is 42.6 Å². The Hall–Kier alpha value is -1.02. The summed E-state index contributed by atoms with van der Waals surface area (Å²) in [6.45, 7) is 6.69. The van der Waals surface area contributed by atoms with Gasteiger partial charge in [0.25, 0.3) is 0 Å². The number of nitrogens with one attached hydrogen (secondary N) is 1. The number of rotatable bonds is 3. The Kier molecular flexibility index (Phi) is 4.06. The zero-order valence-corrected chi connectivity index (χ0v) is 11.3. The maximum atomic E-state index is 3.61. The largest absolute Gasteiger partial charge is 0.383 e. The van der Waals surface area contributed by atoms with Crippen LogP contribution >= 0.6 is 0 Å². The van der Waals surface area contributed by atoms with Crippen molar-refractivity contribution in [1.29, 1.82) is 0 Å². The lowest BCUT2D eigenvalue weighted by Gasteiger charge is -2.33. The molecule has 1 atom stereocenters. The van der Waals surface area contributed by atoms with E-state index in [1.807, 2.05) is 0 Å². The lowest BCUT2D eigenvalue weighted by Crippen LogP contribution is -2.40. The zero-order valence-electron chi connectivity index (χ0n) is 11.3. The number of anilines is 1. The van der Waals surface area contributed by atoms with Crippen LogP contribution in [0.4, 0.5) is 5.69 Å². The van der Waals surface area contributed by atoms with E-state index in [2.05, 4.69) is 49.3 Å². The summed E-state index contributed by atoms with van der Waals surface area (Å²) in [4.78, 5) is 2.49. The van der Waals surface area contributed by atoms with E-state index in [9.17, 15) is 0 Å². The number of likely N-dealkylation sites (N-methyl/N-ethyl adjacent to an activating group) is 1. The third-order valence-corrected chi connectivity index (χ3v) is 4.05. The van der Waals surface area contributed by atoms with Gasteiger partial charge in [0.1, 0.15) is 0 Å². The molecule has 0 spiro atoms. The molecule has 94 valence electrons. The third-order valence-electron chi connectivity index (χ3n) is 4.05. The Labute approximate surface area is 105 Å². The smallest absolute Gasteiger partial charge is 0.0373 e. The van der Waals surface area contributed by atoms with Crippen molar-refractivity contribution in [3.05, 3.63) is 29.3 Å². The number of likely N-dealkylation sites (tertiary alicyclic amines) is 1. The van der Waals surface area contributed by atoms with Gasteiger partial charge >= 0.3 is 0 Å². The first-order valence-electron chi connectivity index (χ1n) is 6.69. The number of piperidine rings is 1. The van der Waals surface area contributed by atoms with Gasteiger partial charge in [0, 0.05) is 18.3 Å². The number of hydrogen-bond acceptors (Lipinski definition) is 2. The lowest BCUT2D eigenvalue weighted by atomic mass is 10.0. The van der Waals surface area contributed by atoms with Gasteiger partial charge in [-0.25, -0.2) is 0 Å². The summed E-state index contributed by atoms with van der Waals surface area (Å²) in [6, 6.07) is 7.19. The minimum atomic E-state index is 0.698. The molecule has 0 saturated carbocycles. The molecule has 0 aromatic heterocycles. The maximum Gasteiger partial charge on any atom is 0.0373 e. The van der Waals surface area contributed by atoms with Crippen LogP contribution < -0.4 is 5.32 Å². The molecule has 2 nitrogen and oxygen atoms in total. The molecule has 1 aromatic carbocycles. The van der Waals surface area contributed by atoms with Crippen molar-refractivity contribution >= 4 is 5.69 Å². The van der Waals surface area contributed by atoms with Crippen molar-refractivity contribution in [1.82, 2.24) is 4.90 Å². The predicted molar refractivity (Wildman–Crippen MR) is 74.7 cm³/mol. The van der Waals surface area contributed by atoms with E-state index in [0.717, 1.165) is 6.54 Å². The molecule has 1 aliphatic heterocycles. The van der Waals surface area contributed by atoms with Crippen molar-refractivity contribution in [2.24, 2.45) is 0 Å². The fourth-order valence-corrected chi connectivity index (χ4v) is 2.57. The fraction of sp³-hybridized carbons (Fsp3) is 0.600. The van der Waals surface area contributed by atoms with Crippen LogP contribution in [-0.4, -0.2) is 31.1 Å². The summed E-state index contributed by atoms with van der Waals surface area (Å²) in [6.07, 6.45) is 4.06. The SMILES string of the molecule is Cc1cccc(NCC2CCCCN2C)c1C. The predicted octanol–water partition coefficient (Wildman–Crippen LogP) is 3.20. The Morgan fingerprint density at radius 2 is 2.12 bits per heavy atom. The second-order valence-electron chi connectivity index (χ2n) is 5.26. The highest BCUT2D eigenvalue weighted by Crippen LogP contribution is 2.20. The van der Waals surface area contributed by atoms with Crippen LogP contribution in [0.1, 0.15) is 30.4 Å². The van der Waals surface area contributed by atoms with Gasteiger partial charge in [-0.3, -0.25) is 0 Å². The average molecular weight is 232 g/mol. The number of nitrogens with zero attached hydrogens (tertiary/aromatic N) is 1. The molecule has 2 heteroatoms. The minimum Gasteiger partial charge on any atom is -0.383 e. The van der Waals surface area contributed by atoms with E-state index < -0.39 is 0 Å². The first kappa shape index (κ1) is 12.4. The van der Waals surface area contributed by atoms with Gasteiger partial charge in [0.15, 0.2) is 0 Å². The zero-order chi connectivity index (χ0) is 12.3. The maximum absolute atomic E-state index is 3.61. The van der Waals surface area contributed by atoms with Crippen molar-refractivity contribution < 1.29 is 0 Å². The number of benzene rings is 1. The standard InChI is InChI=1S/C15H24N2/c1-12-7-6-9-15(13(12)2)16-11-14-8-4-5-10-17(14)3/h6-7,9,14,16H,4-5,8,10-11H2,1-3H3. The van der Waals surface area contributed by atoms with Gasteiger partial charge in [-0.15, -0.1) is 0 Å². The van der Waals surface area contributed by atoms with Crippen LogP contribution in [0.3, 0.4) is 0 Å². The van der Waals surface area contributed by atoms with Gasteiger partial charge in [-0.05, 0) is 57.5 Å². The molecule has 1 fully saturated rings. The molecule has 0 radical (unpaired) electrons. The van der Waals surface area contributed by atoms with Crippen LogP contribution in [0.5, 0.6) is 0 Å². The normalized spacial score (nSPS) is 21.5. The number of aryl methyl sites for hydroxylation is 1. The summed E-state index contributed by atoms with van der Waals surface area (Å²) < 4.78 is 0. The molecule has 1 heterocycles. The Balaban J connectivity index is 1.95. The summed E-state index contributed by atoms with van der Waals surface area (Å²) in [7, 11) is 2.24. The minimum absolute atomic E-state index is 0.698. The molecule has 0 bridgehead atoms. The van der Waals surface area contributed by atoms with Crippen LogP contribution in [-0.2, 0) is 0 Å². The number of hydrogen-bond donors (Lipinski definition) is 1. The summed E-state index contributed by atoms with van der Waals surface area (Å²) in [5.41, 5.74) is 4.04. The van der Waals surface area contributed by atoms with Crippen LogP contribution in [0.25, 0.3) is 0 Å². The second kappa shape index (κ2) is 5.54. The summed E-state index contributed by atoms with van der Waals surface area (Å²) in [5.74, 6) is 0. The highest BCUT2D eigenvalue weighted by Gasteiger charge is 2.18. The van der Waals surface area contributed by atoms with Crippen molar-refractivity contribution in [2.45, 2.75) is 39.2 Å². The third kappa shape index (κ3) is 3.01. The molecule has 1 unspecified atom stereocenters. The van der Waals surface area contributed by atoms with Gasteiger partial charge in [-0.2, -0.15) is 0 Å². The molecule has 1 aliphatic rings. The van der Waals surface area contributed by atoms with Crippen LogP contribution in [0.2, 0.25) is 0 Å². The Bertz CT molecular complexity index is 373. The van der Waals surface area contributed by atoms with Crippen LogP contribution in [0.15, 0.2) is 18.2 Å². The van der Waals surface area contributed by atoms with Gasteiger partial charge in [-0.1, -0.05) is 18.6 Å². The first-order chi connectivity index (χ1) is 8.18. The Morgan fingerprint density at radius 1 is 1.29 bits per heavy atom. The molecule has 1 aromatic rings. The molecule has 1 saturated heterocycles. The molecular formula is C15H24N2. The highest BCUT2D eigenvalue weighted by atomic mass is 15.2. The molecule has 1 N–H and O–H groups in total. The van der Waals surface area contributed by atoms with Crippen molar-refractivity contribution in [3.63, 3.8) is 0 Å².